The summed E-state index contributed by atoms with van der Waals surface area (Å²) in [5, 5.41) is 10.7. The van der Waals surface area contributed by atoms with Crippen molar-refractivity contribution in [2.24, 2.45) is 11.8 Å². The Balaban J connectivity index is 1.80. The van der Waals surface area contributed by atoms with E-state index in [-0.39, 0.29) is 17.7 Å². The minimum absolute atomic E-state index is 0.0789. The minimum Gasteiger partial charge on any atom is -0.493 e. The largest absolute Gasteiger partial charge is 0.493 e. The summed E-state index contributed by atoms with van der Waals surface area (Å²) in [6.07, 6.45) is 8.64. The maximum Gasteiger partial charge on any atom is 0.329 e. The van der Waals surface area contributed by atoms with E-state index in [0.29, 0.717) is 56.3 Å². The fourth-order valence-electron chi connectivity index (χ4n) is 6.84. The molecule has 36 heavy (non-hydrogen) atoms. The van der Waals surface area contributed by atoms with E-state index in [1.807, 2.05) is 12.1 Å². The van der Waals surface area contributed by atoms with Crippen LogP contribution in [-0.2, 0) is 14.3 Å². The van der Waals surface area contributed by atoms with Crippen LogP contribution in [0.2, 0.25) is 0 Å². The van der Waals surface area contributed by atoms with Gasteiger partial charge in [0.1, 0.15) is 5.54 Å². The fraction of sp³-hybridized carbons (Fsp3) is 0.714. The number of carboxylic acids is 1. The highest BCUT2D eigenvalue weighted by molar-refractivity contribution is 5.91. The van der Waals surface area contributed by atoms with Crippen LogP contribution in [-0.4, -0.2) is 68.5 Å². The van der Waals surface area contributed by atoms with Gasteiger partial charge in [0.15, 0.2) is 11.5 Å². The lowest BCUT2D eigenvalue weighted by Gasteiger charge is -2.51. The molecule has 0 aromatic heterocycles. The lowest BCUT2D eigenvalue weighted by atomic mass is 9.70. The van der Waals surface area contributed by atoms with Crippen molar-refractivity contribution in [3.63, 3.8) is 0 Å². The average Bonchev–Trinajstić information content (AvgIpc) is 2.93. The van der Waals surface area contributed by atoms with Gasteiger partial charge in [-0.1, -0.05) is 19.3 Å². The number of rotatable bonds is 8. The van der Waals surface area contributed by atoms with Gasteiger partial charge >= 0.3 is 5.97 Å². The smallest absolute Gasteiger partial charge is 0.329 e. The second-order valence-electron chi connectivity index (χ2n) is 10.4. The zero-order chi connectivity index (χ0) is 25.7. The monoisotopic (exact) mass is 503 g/mol. The molecule has 1 N–H and O–H groups in total. The van der Waals surface area contributed by atoms with Crippen LogP contribution in [0.3, 0.4) is 0 Å². The van der Waals surface area contributed by atoms with Crippen LogP contribution >= 0.6 is 0 Å². The molecule has 8 nitrogen and oxygen atoms in total. The number of amides is 1. The number of carboxylic acid groups (broad SMARTS) is 1. The Hall–Kier alpha value is -2.48. The number of hydrogen-bond donors (Lipinski definition) is 1. The summed E-state index contributed by atoms with van der Waals surface area (Å²) in [4.78, 5) is 29.4. The van der Waals surface area contributed by atoms with Gasteiger partial charge in [0.2, 0.25) is 11.7 Å². The number of methoxy groups -OCH3 is 3. The third-order valence-corrected chi connectivity index (χ3v) is 8.64. The van der Waals surface area contributed by atoms with Crippen LogP contribution in [0.5, 0.6) is 17.2 Å². The maximum absolute atomic E-state index is 14.6. The number of benzene rings is 1. The molecule has 3 aliphatic rings. The van der Waals surface area contributed by atoms with Crippen LogP contribution in [0.15, 0.2) is 12.1 Å². The Bertz CT molecular complexity index is 897. The normalized spacial score (nSPS) is 24.7. The number of piperidine rings is 1. The van der Waals surface area contributed by atoms with E-state index in [0.717, 1.165) is 50.5 Å². The van der Waals surface area contributed by atoms with E-state index in [1.54, 1.807) is 26.2 Å². The first-order valence-electron chi connectivity index (χ1n) is 13.4. The fourth-order valence-corrected chi connectivity index (χ4v) is 6.84. The summed E-state index contributed by atoms with van der Waals surface area (Å²) in [5.74, 6) is 0.104. The molecule has 2 aliphatic heterocycles. The van der Waals surface area contributed by atoms with Gasteiger partial charge in [0.05, 0.1) is 27.2 Å². The minimum atomic E-state index is -1.19. The Labute approximate surface area is 214 Å². The first-order valence-corrected chi connectivity index (χ1v) is 13.4. The highest BCUT2D eigenvalue weighted by atomic mass is 16.5. The molecule has 2 heterocycles. The van der Waals surface area contributed by atoms with Gasteiger partial charge in [0.25, 0.3) is 0 Å². The van der Waals surface area contributed by atoms with Gasteiger partial charge in [-0.2, -0.15) is 0 Å². The Morgan fingerprint density at radius 3 is 2.14 bits per heavy atom. The molecule has 3 fully saturated rings. The molecule has 8 heteroatoms. The zero-order valence-electron chi connectivity index (χ0n) is 21.9. The molecule has 1 aromatic carbocycles. The van der Waals surface area contributed by atoms with Gasteiger partial charge in [0, 0.05) is 19.8 Å². The first-order chi connectivity index (χ1) is 17.5. The van der Waals surface area contributed by atoms with Crippen LogP contribution in [0, 0.1) is 11.8 Å². The summed E-state index contributed by atoms with van der Waals surface area (Å²) >= 11 is 0. The number of carbonyl (C=O) groups excluding carboxylic acids is 1. The molecule has 2 saturated heterocycles. The summed E-state index contributed by atoms with van der Waals surface area (Å²) in [7, 11) is 4.71. The quantitative estimate of drug-likeness (QED) is 0.552. The van der Waals surface area contributed by atoms with E-state index < -0.39 is 17.4 Å². The molecule has 0 bridgehead atoms. The van der Waals surface area contributed by atoms with E-state index in [4.69, 9.17) is 18.9 Å². The summed E-state index contributed by atoms with van der Waals surface area (Å²) < 4.78 is 22.3. The second-order valence-corrected chi connectivity index (χ2v) is 10.4. The highest BCUT2D eigenvalue weighted by Gasteiger charge is 2.55. The Morgan fingerprint density at radius 1 is 0.944 bits per heavy atom. The summed E-state index contributed by atoms with van der Waals surface area (Å²) in [6, 6.07) is 3.75. The van der Waals surface area contributed by atoms with Crippen LogP contribution < -0.4 is 14.2 Å². The highest BCUT2D eigenvalue weighted by Crippen LogP contribution is 2.47. The van der Waals surface area contributed by atoms with Gasteiger partial charge in [-0.05, 0) is 74.5 Å². The predicted octanol–water partition coefficient (Wildman–Crippen LogP) is 4.64. The molecule has 2 atom stereocenters. The summed E-state index contributed by atoms with van der Waals surface area (Å²) in [6.45, 7) is 1.55. The van der Waals surface area contributed by atoms with E-state index in [1.165, 1.54) is 0 Å². The average molecular weight is 504 g/mol. The van der Waals surface area contributed by atoms with Gasteiger partial charge < -0.3 is 29.0 Å². The number of ether oxygens (including phenoxy) is 4. The SMILES string of the molecule is COc1cc([C@@H](C(=O)N2CCCC[C@@]2(C(=O)O)C2CCOCC2)C2CCCCC2)cc(OC)c1OC. The maximum atomic E-state index is 14.6. The van der Waals surface area contributed by atoms with Crippen molar-refractivity contribution in [1.82, 2.24) is 4.90 Å². The van der Waals surface area contributed by atoms with E-state index in [2.05, 4.69) is 0 Å². The van der Waals surface area contributed by atoms with Crippen molar-refractivity contribution in [1.29, 1.82) is 0 Å². The number of carbonyl (C=O) groups is 2. The third kappa shape index (κ3) is 4.89. The molecular weight excluding hydrogens is 462 g/mol. The van der Waals surface area contributed by atoms with Crippen molar-refractivity contribution in [2.45, 2.75) is 75.7 Å². The van der Waals surface area contributed by atoms with Crippen LogP contribution in [0.4, 0.5) is 0 Å². The van der Waals surface area contributed by atoms with Gasteiger partial charge in [-0.3, -0.25) is 4.79 Å². The van der Waals surface area contributed by atoms with Gasteiger partial charge in [-0.25, -0.2) is 4.79 Å². The van der Waals surface area contributed by atoms with Crippen molar-refractivity contribution < 1.29 is 33.6 Å². The van der Waals surface area contributed by atoms with Crippen LogP contribution in [0.25, 0.3) is 0 Å². The lowest BCUT2D eigenvalue weighted by molar-refractivity contribution is -0.172. The predicted molar refractivity (Wildman–Crippen MR) is 135 cm³/mol. The van der Waals surface area contributed by atoms with Crippen molar-refractivity contribution in [3.05, 3.63) is 17.7 Å². The lowest BCUT2D eigenvalue weighted by Crippen LogP contribution is -2.65. The Morgan fingerprint density at radius 2 is 1.58 bits per heavy atom. The van der Waals surface area contributed by atoms with Gasteiger partial charge in [-0.15, -0.1) is 0 Å². The number of nitrogens with zero attached hydrogens (tertiary/aromatic N) is 1. The molecule has 0 radical (unpaired) electrons. The number of hydrogen-bond acceptors (Lipinski definition) is 6. The molecule has 0 unspecified atom stereocenters. The molecule has 1 amide bonds. The summed E-state index contributed by atoms with van der Waals surface area (Å²) in [5.41, 5.74) is -0.384. The number of aliphatic carboxylic acids is 1. The van der Waals surface area contributed by atoms with Crippen molar-refractivity contribution in [3.8, 4) is 17.2 Å². The molecule has 200 valence electrons. The molecular formula is C28H41NO7. The van der Waals surface area contributed by atoms with Crippen molar-refractivity contribution in [2.75, 3.05) is 41.1 Å². The Kier molecular flexibility index (Phi) is 8.65. The molecule has 4 rings (SSSR count). The van der Waals surface area contributed by atoms with E-state index >= 15 is 0 Å². The molecule has 1 saturated carbocycles. The molecule has 1 aliphatic carbocycles. The standard InChI is InChI=1S/C28H41NO7/c1-33-22-17-20(18-23(34-2)25(22)35-3)24(19-9-5-4-6-10-19)26(30)29-14-8-7-13-28(29,27(31)32)21-11-15-36-16-12-21/h17-19,21,24H,4-16H2,1-3H3,(H,31,32)/t24-,28-/m0/s1. The second kappa shape index (κ2) is 11.7. The number of likely N-dealkylation sites (tertiary alicyclic amines) is 1. The first kappa shape index (κ1) is 26.6. The topological polar surface area (TPSA) is 94.5 Å². The zero-order valence-corrected chi connectivity index (χ0v) is 21.9. The van der Waals surface area contributed by atoms with Crippen LogP contribution in [0.1, 0.15) is 75.7 Å². The molecule has 0 spiro atoms. The van der Waals surface area contributed by atoms with Crippen molar-refractivity contribution >= 4 is 11.9 Å². The van der Waals surface area contributed by atoms with E-state index in [9.17, 15) is 14.7 Å². The third-order valence-electron chi connectivity index (χ3n) is 8.64. The molecule has 1 aromatic rings.